The third kappa shape index (κ3) is 5.83. The second kappa shape index (κ2) is 11.9. The molecular formula is C28H40N6OS. The van der Waals surface area contributed by atoms with Crippen LogP contribution in [0, 0.1) is 5.92 Å². The van der Waals surface area contributed by atoms with Crippen molar-refractivity contribution in [3.8, 4) is 11.1 Å². The maximum absolute atomic E-state index is 5.22. The minimum absolute atomic E-state index is 0.632. The summed E-state index contributed by atoms with van der Waals surface area (Å²) >= 11 is 1.71. The molecule has 5 rings (SSSR count). The molecule has 0 aliphatic carbocycles. The van der Waals surface area contributed by atoms with Crippen LogP contribution in [0.15, 0.2) is 35.7 Å². The third-order valence-corrected chi connectivity index (χ3v) is 8.60. The van der Waals surface area contributed by atoms with Crippen LogP contribution in [0.3, 0.4) is 0 Å². The number of likely N-dealkylation sites (tertiary alicyclic amines) is 1. The summed E-state index contributed by atoms with van der Waals surface area (Å²) < 4.78 is 5.22. The topological polar surface area (TPSA) is 56.8 Å². The highest BCUT2D eigenvalue weighted by molar-refractivity contribution is 7.17. The Hall–Kier alpha value is -2.26. The van der Waals surface area contributed by atoms with Crippen LogP contribution in [0.5, 0.6) is 0 Å². The second-order valence-corrected chi connectivity index (χ2v) is 11.3. The van der Waals surface area contributed by atoms with Gasteiger partial charge in [-0.05, 0) is 57.8 Å². The SMILES string of the molecule is COCCNc1nc(N2CCC(CN3CCCC(N(C)C)C3)CC2)c2c(-c3ccccc3)csc2n1. The molecule has 0 saturated carbocycles. The van der Waals surface area contributed by atoms with Crippen molar-refractivity contribution >= 4 is 33.3 Å². The van der Waals surface area contributed by atoms with Gasteiger partial charge in [0.2, 0.25) is 5.95 Å². The van der Waals surface area contributed by atoms with Crippen molar-refractivity contribution in [2.75, 3.05) is 77.3 Å². The number of thiophene rings is 1. The number of piperidine rings is 2. The Morgan fingerprint density at radius 1 is 1.08 bits per heavy atom. The van der Waals surface area contributed by atoms with E-state index in [-0.39, 0.29) is 0 Å². The second-order valence-electron chi connectivity index (χ2n) is 10.4. The largest absolute Gasteiger partial charge is 0.383 e. The average molecular weight is 509 g/mol. The van der Waals surface area contributed by atoms with Gasteiger partial charge in [-0.1, -0.05) is 30.3 Å². The maximum atomic E-state index is 5.22. The lowest BCUT2D eigenvalue weighted by Crippen LogP contribution is -2.47. The summed E-state index contributed by atoms with van der Waals surface area (Å²) in [6, 6.07) is 11.3. The molecule has 8 heteroatoms. The quantitative estimate of drug-likeness (QED) is 0.422. The number of benzene rings is 1. The van der Waals surface area contributed by atoms with Crippen LogP contribution in [-0.2, 0) is 4.74 Å². The van der Waals surface area contributed by atoms with E-state index in [4.69, 9.17) is 14.7 Å². The Balaban J connectivity index is 1.34. The Labute approximate surface area is 219 Å². The molecule has 2 aliphatic rings. The van der Waals surface area contributed by atoms with Gasteiger partial charge in [-0.2, -0.15) is 4.98 Å². The van der Waals surface area contributed by atoms with Crippen molar-refractivity contribution < 1.29 is 4.74 Å². The molecule has 1 unspecified atom stereocenters. The zero-order chi connectivity index (χ0) is 24.9. The van der Waals surface area contributed by atoms with E-state index < -0.39 is 0 Å². The average Bonchev–Trinajstić information content (AvgIpc) is 3.34. The van der Waals surface area contributed by atoms with E-state index in [0.29, 0.717) is 25.1 Å². The van der Waals surface area contributed by atoms with Crippen LogP contribution in [0.4, 0.5) is 11.8 Å². The van der Waals surface area contributed by atoms with Gasteiger partial charge in [0.15, 0.2) is 0 Å². The van der Waals surface area contributed by atoms with Gasteiger partial charge in [0.25, 0.3) is 0 Å². The summed E-state index contributed by atoms with van der Waals surface area (Å²) in [7, 11) is 6.17. The molecule has 2 aromatic heterocycles. The van der Waals surface area contributed by atoms with Crippen molar-refractivity contribution in [2.45, 2.75) is 31.7 Å². The van der Waals surface area contributed by atoms with Crippen LogP contribution in [0.2, 0.25) is 0 Å². The minimum Gasteiger partial charge on any atom is -0.383 e. The molecule has 2 saturated heterocycles. The first-order valence-corrected chi connectivity index (χ1v) is 14.2. The Kier molecular flexibility index (Phi) is 8.36. The molecule has 1 N–H and O–H groups in total. The summed E-state index contributed by atoms with van der Waals surface area (Å²) in [4.78, 5) is 18.6. The highest BCUT2D eigenvalue weighted by Gasteiger charge is 2.28. The summed E-state index contributed by atoms with van der Waals surface area (Å²) in [5.74, 6) is 2.53. The highest BCUT2D eigenvalue weighted by atomic mass is 32.1. The fourth-order valence-corrected chi connectivity index (χ4v) is 6.58. The molecule has 1 atom stereocenters. The summed E-state index contributed by atoms with van der Waals surface area (Å²) in [5, 5.41) is 6.79. The number of aromatic nitrogens is 2. The maximum Gasteiger partial charge on any atom is 0.226 e. The van der Waals surface area contributed by atoms with Gasteiger partial charge >= 0.3 is 0 Å². The monoisotopic (exact) mass is 508 g/mol. The number of anilines is 2. The molecular weight excluding hydrogens is 468 g/mol. The van der Waals surface area contributed by atoms with Crippen LogP contribution in [0.1, 0.15) is 25.7 Å². The van der Waals surface area contributed by atoms with Gasteiger partial charge in [0.1, 0.15) is 10.6 Å². The molecule has 7 nitrogen and oxygen atoms in total. The van der Waals surface area contributed by atoms with Crippen molar-refractivity contribution in [3.05, 3.63) is 35.7 Å². The number of nitrogens with zero attached hydrogens (tertiary/aromatic N) is 5. The van der Waals surface area contributed by atoms with Gasteiger partial charge in [-0.25, -0.2) is 4.98 Å². The molecule has 4 heterocycles. The van der Waals surface area contributed by atoms with E-state index in [9.17, 15) is 0 Å². The number of nitrogens with one attached hydrogen (secondary N) is 1. The first kappa shape index (κ1) is 25.4. The standard InChI is InChI=1S/C28H40N6OS/c1-32(2)23-10-7-14-33(19-23)18-21-11-15-34(16-12-21)26-25-24(22-8-5-4-6-9-22)20-36-27(25)31-28(30-26)29-13-17-35-3/h4-6,8-9,20-21,23H,7,10-19H2,1-3H3,(H,29,30,31). The number of likely N-dealkylation sites (N-methyl/N-ethyl adjacent to an activating group) is 1. The van der Waals surface area contributed by atoms with Crippen molar-refractivity contribution in [3.63, 3.8) is 0 Å². The van der Waals surface area contributed by atoms with E-state index in [0.717, 1.165) is 29.7 Å². The Morgan fingerprint density at radius 2 is 1.89 bits per heavy atom. The van der Waals surface area contributed by atoms with Crippen LogP contribution in [0.25, 0.3) is 21.3 Å². The summed E-state index contributed by atoms with van der Waals surface area (Å²) in [5.41, 5.74) is 2.46. The van der Waals surface area contributed by atoms with Crippen LogP contribution < -0.4 is 10.2 Å². The first-order valence-electron chi connectivity index (χ1n) is 13.3. The van der Waals surface area contributed by atoms with E-state index >= 15 is 0 Å². The molecule has 194 valence electrons. The lowest BCUT2D eigenvalue weighted by atomic mass is 9.94. The van der Waals surface area contributed by atoms with Gasteiger partial charge in [0, 0.05) is 56.8 Å². The van der Waals surface area contributed by atoms with E-state index in [1.165, 1.54) is 61.8 Å². The van der Waals surface area contributed by atoms with Crippen molar-refractivity contribution in [1.29, 1.82) is 0 Å². The van der Waals surface area contributed by atoms with Crippen LogP contribution in [-0.4, -0.2) is 92.9 Å². The van der Waals surface area contributed by atoms with E-state index in [1.807, 2.05) is 0 Å². The number of hydrogen-bond acceptors (Lipinski definition) is 8. The highest BCUT2D eigenvalue weighted by Crippen LogP contribution is 2.40. The number of hydrogen-bond donors (Lipinski definition) is 1. The van der Waals surface area contributed by atoms with Crippen LogP contribution >= 0.6 is 11.3 Å². The third-order valence-electron chi connectivity index (χ3n) is 7.73. The lowest BCUT2D eigenvalue weighted by Gasteiger charge is -2.40. The van der Waals surface area contributed by atoms with Gasteiger partial charge < -0.3 is 24.8 Å². The number of ether oxygens (including phenoxy) is 1. The van der Waals surface area contributed by atoms with E-state index in [2.05, 4.69) is 69.8 Å². The predicted molar refractivity (Wildman–Crippen MR) is 151 cm³/mol. The summed E-state index contributed by atoms with van der Waals surface area (Å²) in [6.07, 6.45) is 5.08. The fourth-order valence-electron chi connectivity index (χ4n) is 5.64. The zero-order valence-corrected chi connectivity index (χ0v) is 22.8. The first-order chi connectivity index (χ1) is 17.6. The normalized spacial score (nSPS) is 19.9. The summed E-state index contributed by atoms with van der Waals surface area (Å²) in [6.45, 7) is 7.12. The van der Waals surface area contributed by atoms with Gasteiger partial charge in [-0.3, -0.25) is 0 Å². The number of fused-ring (bicyclic) bond motifs is 1. The molecule has 1 aromatic carbocycles. The smallest absolute Gasteiger partial charge is 0.226 e. The van der Waals surface area contributed by atoms with Crippen molar-refractivity contribution in [2.24, 2.45) is 5.92 Å². The number of rotatable bonds is 9. The van der Waals surface area contributed by atoms with Gasteiger partial charge in [-0.15, -0.1) is 11.3 Å². The zero-order valence-electron chi connectivity index (χ0n) is 21.9. The minimum atomic E-state index is 0.632. The molecule has 0 bridgehead atoms. The number of methoxy groups -OCH3 is 1. The lowest BCUT2D eigenvalue weighted by molar-refractivity contribution is 0.113. The Morgan fingerprint density at radius 3 is 2.64 bits per heavy atom. The molecule has 0 radical (unpaired) electrons. The molecule has 0 spiro atoms. The molecule has 2 fully saturated rings. The molecule has 36 heavy (non-hydrogen) atoms. The predicted octanol–water partition coefficient (Wildman–Crippen LogP) is 4.66. The fraction of sp³-hybridized carbons (Fsp3) is 0.571. The Bertz CT molecular complexity index is 1110. The molecule has 3 aromatic rings. The van der Waals surface area contributed by atoms with E-state index in [1.54, 1.807) is 18.4 Å². The molecule has 0 amide bonds. The van der Waals surface area contributed by atoms with Crippen molar-refractivity contribution in [1.82, 2.24) is 19.8 Å². The van der Waals surface area contributed by atoms with Gasteiger partial charge in [0.05, 0.1) is 12.0 Å². The molecule has 2 aliphatic heterocycles.